The van der Waals surface area contributed by atoms with Gasteiger partial charge in [-0.05, 0) is 51.7 Å². The molecule has 0 N–H and O–H groups in total. The minimum absolute atomic E-state index is 1.24. The zero-order chi connectivity index (χ0) is 11.4. The summed E-state index contributed by atoms with van der Waals surface area (Å²) in [5, 5.41) is 0. The average molecular weight is 211 g/mol. The molecule has 0 amide bonds. The molecule has 90 valence electrons. The van der Waals surface area contributed by atoms with Gasteiger partial charge in [0.2, 0.25) is 0 Å². The van der Waals surface area contributed by atoms with Gasteiger partial charge in [0, 0.05) is 0 Å². The Hall–Kier alpha value is -0.300. The first-order valence-corrected chi connectivity index (χ1v) is 6.72. The van der Waals surface area contributed by atoms with Gasteiger partial charge in [-0.2, -0.15) is 0 Å². The fraction of sp³-hybridized carbons (Fsp3) is 0.857. The zero-order valence-corrected chi connectivity index (χ0v) is 11.0. The van der Waals surface area contributed by atoms with E-state index in [9.17, 15) is 0 Å². The van der Waals surface area contributed by atoms with E-state index in [0.717, 1.165) is 0 Å². The quantitative estimate of drug-likeness (QED) is 0.386. The third-order valence-electron chi connectivity index (χ3n) is 2.55. The van der Waals surface area contributed by atoms with Gasteiger partial charge in [-0.25, -0.2) is 0 Å². The lowest BCUT2D eigenvalue weighted by atomic mass is 10.2. The second kappa shape index (κ2) is 11.8. The van der Waals surface area contributed by atoms with E-state index in [4.69, 9.17) is 0 Å². The highest BCUT2D eigenvalue weighted by atomic mass is 15.1. The van der Waals surface area contributed by atoms with Crippen molar-refractivity contribution >= 4 is 0 Å². The number of nitrogens with zero attached hydrogens (tertiary/aromatic N) is 1. The fourth-order valence-corrected chi connectivity index (χ4v) is 1.80. The molecule has 0 fully saturated rings. The van der Waals surface area contributed by atoms with Crippen LogP contribution < -0.4 is 0 Å². The third-order valence-corrected chi connectivity index (χ3v) is 2.55. The van der Waals surface area contributed by atoms with E-state index in [2.05, 4.69) is 37.8 Å². The predicted molar refractivity (Wildman–Crippen MR) is 70.3 cm³/mol. The van der Waals surface area contributed by atoms with Crippen LogP contribution in [0, 0.1) is 0 Å². The summed E-state index contributed by atoms with van der Waals surface area (Å²) in [6.45, 7) is 10.6. The van der Waals surface area contributed by atoms with Gasteiger partial charge >= 0.3 is 0 Å². The molecule has 0 radical (unpaired) electrons. The Kier molecular flexibility index (Phi) is 11.5. The highest BCUT2D eigenvalue weighted by molar-refractivity contribution is 4.81. The Balaban J connectivity index is 3.43. The van der Waals surface area contributed by atoms with Crippen LogP contribution in [0.3, 0.4) is 0 Å². The maximum absolute atomic E-state index is 2.59. The van der Waals surface area contributed by atoms with Crippen molar-refractivity contribution < 1.29 is 0 Å². The molecule has 0 spiro atoms. The number of allylic oxidation sites excluding steroid dienone is 2. The molecule has 0 saturated carbocycles. The summed E-state index contributed by atoms with van der Waals surface area (Å²) >= 11 is 0. The topological polar surface area (TPSA) is 3.24 Å². The Morgan fingerprint density at radius 3 is 1.87 bits per heavy atom. The van der Waals surface area contributed by atoms with Crippen LogP contribution in [-0.2, 0) is 0 Å². The highest BCUT2D eigenvalue weighted by Gasteiger charge is 2.00. The Labute approximate surface area is 96.6 Å². The molecule has 0 aromatic rings. The highest BCUT2D eigenvalue weighted by Crippen LogP contribution is 2.00. The molecule has 0 aromatic carbocycles. The predicted octanol–water partition coefficient (Wildman–Crippen LogP) is 4.24. The molecule has 0 aliphatic carbocycles. The van der Waals surface area contributed by atoms with E-state index in [0.29, 0.717) is 0 Å². The van der Waals surface area contributed by atoms with Crippen LogP contribution in [0.5, 0.6) is 0 Å². The summed E-state index contributed by atoms with van der Waals surface area (Å²) < 4.78 is 0. The molecule has 0 rings (SSSR count). The van der Waals surface area contributed by atoms with Crippen molar-refractivity contribution in [1.82, 2.24) is 4.90 Å². The first-order chi connectivity index (χ1) is 7.35. The van der Waals surface area contributed by atoms with Gasteiger partial charge in [-0.1, -0.05) is 39.3 Å². The lowest BCUT2D eigenvalue weighted by Gasteiger charge is -2.20. The van der Waals surface area contributed by atoms with Crippen LogP contribution in [0.25, 0.3) is 0 Å². The summed E-state index contributed by atoms with van der Waals surface area (Å²) in [6.07, 6.45) is 12.3. The summed E-state index contributed by atoms with van der Waals surface area (Å²) in [4.78, 5) is 2.59. The van der Waals surface area contributed by atoms with Crippen molar-refractivity contribution in [3.05, 3.63) is 12.2 Å². The second-order valence-electron chi connectivity index (χ2n) is 4.24. The molecule has 0 heterocycles. The molecule has 0 unspecified atom stereocenters. The van der Waals surface area contributed by atoms with E-state index in [1.54, 1.807) is 0 Å². The standard InChI is InChI=1S/C14H29N/c1-4-7-8-9-10-11-14-15(12-5-2)13-6-3/h8-9H,4-7,10-14H2,1-3H3/b9-8+. The molecule has 15 heavy (non-hydrogen) atoms. The second-order valence-corrected chi connectivity index (χ2v) is 4.24. The molecule has 0 aliphatic rings. The van der Waals surface area contributed by atoms with Crippen LogP contribution in [-0.4, -0.2) is 24.5 Å². The van der Waals surface area contributed by atoms with Crippen LogP contribution in [0.2, 0.25) is 0 Å². The molecule has 1 heteroatoms. The van der Waals surface area contributed by atoms with Crippen molar-refractivity contribution in [3.8, 4) is 0 Å². The van der Waals surface area contributed by atoms with E-state index >= 15 is 0 Å². The van der Waals surface area contributed by atoms with E-state index in [-0.39, 0.29) is 0 Å². The Morgan fingerprint density at radius 2 is 1.33 bits per heavy atom. The van der Waals surface area contributed by atoms with Gasteiger partial charge in [0.05, 0.1) is 0 Å². The van der Waals surface area contributed by atoms with Crippen molar-refractivity contribution in [2.75, 3.05) is 19.6 Å². The molecule has 1 nitrogen and oxygen atoms in total. The molecular weight excluding hydrogens is 182 g/mol. The van der Waals surface area contributed by atoms with Crippen molar-refractivity contribution in [2.45, 2.75) is 59.3 Å². The fourth-order valence-electron chi connectivity index (χ4n) is 1.80. The van der Waals surface area contributed by atoms with Gasteiger partial charge in [-0.15, -0.1) is 0 Å². The monoisotopic (exact) mass is 211 g/mol. The van der Waals surface area contributed by atoms with E-state index in [1.807, 2.05) is 0 Å². The van der Waals surface area contributed by atoms with Crippen LogP contribution in [0.1, 0.15) is 59.3 Å². The number of rotatable bonds is 10. The largest absolute Gasteiger partial charge is 0.303 e. The maximum atomic E-state index is 2.59. The van der Waals surface area contributed by atoms with Gasteiger partial charge < -0.3 is 4.90 Å². The van der Waals surface area contributed by atoms with Crippen molar-refractivity contribution in [1.29, 1.82) is 0 Å². The molecule has 0 saturated heterocycles. The lowest BCUT2D eigenvalue weighted by Crippen LogP contribution is -2.26. The summed E-state index contributed by atoms with van der Waals surface area (Å²) in [7, 11) is 0. The van der Waals surface area contributed by atoms with Crippen LogP contribution in [0.4, 0.5) is 0 Å². The summed E-state index contributed by atoms with van der Waals surface area (Å²) in [6, 6.07) is 0. The van der Waals surface area contributed by atoms with E-state index < -0.39 is 0 Å². The Morgan fingerprint density at radius 1 is 0.733 bits per heavy atom. The smallest absolute Gasteiger partial charge is 0.00158 e. The minimum Gasteiger partial charge on any atom is -0.303 e. The SMILES string of the molecule is CCC/C=C/CCCN(CCC)CCC. The number of hydrogen-bond acceptors (Lipinski definition) is 1. The van der Waals surface area contributed by atoms with Crippen LogP contribution in [0.15, 0.2) is 12.2 Å². The summed E-state index contributed by atoms with van der Waals surface area (Å²) in [5.74, 6) is 0. The summed E-state index contributed by atoms with van der Waals surface area (Å²) in [5.41, 5.74) is 0. The number of hydrogen-bond donors (Lipinski definition) is 0. The Bertz CT molecular complexity index is 134. The minimum atomic E-state index is 1.24. The van der Waals surface area contributed by atoms with Gasteiger partial charge in [0.1, 0.15) is 0 Å². The van der Waals surface area contributed by atoms with E-state index in [1.165, 1.54) is 58.2 Å². The van der Waals surface area contributed by atoms with Crippen molar-refractivity contribution in [3.63, 3.8) is 0 Å². The molecular formula is C14H29N. The normalized spacial score (nSPS) is 11.7. The number of unbranched alkanes of at least 4 members (excludes halogenated alkanes) is 2. The first-order valence-electron chi connectivity index (χ1n) is 6.72. The van der Waals surface area contributed by atoms with Gasteiger partial charge in [0.25, 0.3) is 0 Å². The first kappa shape index (κ1) is 14.7. The zero-order valence-electron chi connectivity index (χ0n) is 11.0. The van der Waals surface area contributed by atoms with Crippen LogP contribution >= 0.6 is 0 Å². The van der Waals surface area contributed by atoms with Crippen molar-refractivity contribution in [2.24, 2.45) is 0 Å². The van der Waals surface area contributed by atoms with Gasteiger partial charge in [0.15, 0.2) is 0 Å². The van der Waals surface area contributed by atoms with Gasteiger partial charge in [-0.3, -0.25) is 0 Å². The molecule has 0 bridgehead atoms. The lowest BCUT2D eigenvalue weighted by molar-refractivity contribution is 0.272. The molecule has 0 atom stereocenters. The third kappa shape index (κ3) is 9.99. The molecule has 0 aliphatic heterocycles. The molecule has 0 aromatic heterocycles. The average Bonchev–Trinajstić information content (AvgIpc) is 2.24. The maximum Gasteiger partial charge on any atom is -0.00158 e.